The van der Waals surface area contributed by atoms with Crippen LogP contribution >= 0.6 is 11.3 Å². The molecule has 4 nitrogen and oxygen atoms in total. The van der Waals surface area contributed by atoms with Crippen LogP contribution in [0, 0.1) is 5.92 Å². The van der Waals surface area contributed by atoms with Gasteiger partial charge in [0.25, 0.3) is 5.91 Å². The van der Waals surface area contributed by atoms with Gasteiger partial charge < -0.3 is 9.80 Å². The lowest BCUT2D eigenvalue weighted by molar-refractivity contribution is -0.133. The van der Waals surface area contributed by atoms with Crippen LogP contribution in [0.4, 0.5) is 0 Å². The number of amides is 2. The first-order chi connectivity index (χ1) is 17.0. The summed E-state index contributed by atoms with van der Waals surface area (Å²) in [5.41, 5.74) is 2.98. The Bertz CT molecular complexity index is 1030. The van der Waals surface area contributed by atoms with E-state index in [1.165, 1.54) is 5.56 Å². The maximum absolute atomic E-state index is 13.6. The number of hydrogen-bond acceptors (Lipinski definition) is 3. The number of unbranched alkanes of at least 4 members (excludes halogenated alkanes) is 1. The normalized spacial score (nSPS) is 11.7. The van der Waals surface area contributed by atoms with Gasteiger partial charge in [-0.2, -0.15) is 0 Å². The van der Waals surface area contributed by atoms with Crippen molar-refractivity contribution < 1.29 is 9.59 Å². The van der Waals surface area contributed by atoms with Crippen LogP contribution in [0.5, 0.6) is 0 Å². The van der Waals surface area contributed by atoms with Gasteiger partial charge in [-0.25, -0.2) is 0 Å². The summed E-state index contributed by atoms with van der Waals surface area (Å²) in [7, 11) is 0. The van der Waals surface area contributed by atoms with Crippen LogP contribution in [0.15, 0.2) is 72.1 Å². The fourth-order valence-corrected chi connectivity index (χ4v) is 4.71. The number of hydrogen-bond donors (Lipinski definition) is 0. The molecule has 0 radical (unpaired) electrons. The first kappa shape index (κ1) is 26.7. The first-order valence-corrected chi connectivity index (χ1v) is 13.6. The van der Waals surface area contributed by atoms with Crippen LogP contribution in [0.1, 0.15) is 66.4 Å². The zero-order valence-corrected chi connectivity index (χ0v) is 22.1. The van der Waals surface area contributed by atoms with E-state index in [1.54, 1.807) is 16.2 Å². The summed E-state index contributed by atoms with van der Waals surface area (Å²) < 4.78 is 0. The molecule has 0 bridgehead atoms. The van der Waals surface area contributed by atoms with Gasteiger partial charge in [0.1, 0.15) is 6.54 Å². The number of aryl methyl sites for hydroxylation is 1. The number of rotatable bonds is 13. The van der Waals surface area contributed by atoms with E-state index in [0.717, 1.165) is 36.1 Å². The highest BCUT2D eigenvalue weighted by molar-refractivity contribution is 7.09. The zero-order valence-electron chi connectivity index (χ0n) is 21.3. The second-order valence-electron chi connectivity index (χ2n) is 9.31. The molecule has 0 aliphatic rings. The van der Waals surface area contributed by atoms with E-state index >= 15 is 0 Å². The molecule has 2 aromatic carbocycles. The van der Waals surface area contributed by atoms with E-state index in [2.05, 4.69) is 26.8 Å². The van der Waals surface area contributed by atoms with Crippen molar-refractivity contribution in [2.75, 3.05) is 13.1 Å². The molecule has 1 heterocycles. The zero-order chi connectivity index (χ0) is 25.0. The highest BCUT2D eigenvalue weighted by Gasteiger charge is 2.24. The number of benzene rings is 2. The lowest BCUT2D eigenvalue weighted by atomic mass is 10.0. The molecule has 0 spiro atoms. The Kier molecular flexibility index (Phi) is 10.5. The third-order valence-corrected chi connectivity index (χ3v) is 7.22. The summed E-state index contributed by atoms with van der Waals surface area (Å²) in [4.78, 5) is 31.9. The van der Waals surface area contributed by atoms with Crippen LogP contribution in [-0.4, -0.2) is 34.7 Å². The smallest absolute Gasteiger partial charge is 0.254 e. The van der Waals surface area contributed by atoms with Crippen molar-refractivity contribution in [1.82, 2.24) is 9.80 Å². The lowest BCUT2D eigenvalue weighted by Gasteiger charge is -2.29. The maximum Gasteiger partial charge on any atom is 0.254 e. The minimum Gasteiger partial charge on any atom is -0.332 e. The largest absolute Gasteiger partial charge is 0.332 e. The molecule has 0 aliphatic carbocycles. The molecule has 1 unspecified atom stereocenters. The van der Waals surface area contributed by atoms with Crippen LogP contribution in [0.2, 0.25) is 0 Å². The number of thiophene rings is 1. The quantitative estimate of drug-likeness (QED) is 0.264. The highest BCUT2D eigenvalue weighted by Crippen LogP contribution is 2.17. The van der Waals surface area contributed by atoms with Gasteiger partial charge in [0.15, 0.2) is 0 Å². The summed E-state index contributed by atoms with van der Waals surface area (Å²) in [6.07, 6.45) is 4.27. The summed E-state index contributed by atoms with van der Waals surface area (Å²) in [6, 6.07) is 22.0. The fourth-order valence-electron chi connectivity index (χ4n) is 3.99. The SMILES string of the molecule is CCCCc1ccc(C(=O)N(CC(=O)N(Cc2ccccc2)Cc2cccs2)CC(C)CC)cc1. The molecular weight excluding hydrogens is 452 g/mol. The molecule has 2 amide bonds. The Balaban J connectivity index is 1.78. The number of carbonyl (C=O) groups excluding carboxylic acids is 2. The van der Waals surface area contributed by atoms with E-state index in [0.29, 0.717) is 31.1 Å². The van der Waals surface area contributed by atoms with E-state index in [9.17, 15) is 9.59 Å². The molecule has 5 heteroatoms. The topological polar surface area (TPSA) is 40.6 Å². The molecule has 3 rings (SSSR count). The van der Waals surface area contributed by atoms with Gasteiger partial charge in [0.05, 0.1) is 6.54 Å². The Labute approximate surface area is 214 Å². The number of nitrogens with zero attached hydrogens (tertiary/aromatic N) is 2. The molecule has 0 fully saturated rings. The maximum atomic E-state index is 13.6. The second kappa shape index (κ2) is 13.8. The second-order valence-corrected chi connectivity index (χ2v) is 10.3. The van der Waals surface area contributed by atoms with Crippen LogP contribution in [0.3, 0.4) is 0 Å². The fraction of sp³-hybridized carbons (Fsp3) is 0.400. The van der Waals surface area contributed by atoms with Gasteiger partial charge in [-0.05, 0) is 53.5 Å². The molecule has 186 valence electrons. The van der Waals surface area contributed by atoms with Crippen molar-refractivity contribution in [3.63, 3.8) is 0 Å². The van der Waals surface area contributed by atoms with E-state index in [4.69, 9.17) is 0 Å². The molecule has 0 aliphatic heterocycles. The molecule has 3 aromatic rings. The summed E-state index contributed by atoms with van der Waals surface area (Å²) in [5, 5.41) is 2.03. The minimum absolute atomic E-state index is 0.0292. The molecule has 1 aromatic heterocycles. The number of carbonyl (C=O) groups is 2. The average Bonchev–Trinajstić information content (AvgIpc) is 3.40. The molecule has 0 N–H and O–H groups in total. The van der Waals surface area contributed by atoms with Gasteiger partial charge in [-0.3, -0.25) is 9.59 Å². The third kappa shape index (κ3) is 8.36. The Morgan fingerprint density at radius 2 is 1.60 bits per heavy atom. The predicted molar refractivity (Wildman–Crippen MR) is 145 cm³/mol. The molecule has 35 heavy (non-hydrogen) atoms. The van der Waals surface area contributed by atoms with Crippen molar-refractivity contribution in [3.8, 4) is 0 Å². The van der Waals surface area contributed by atoms with Gasteiger partial charge in [0, 0.05) is 23.5 Å². The van der Waals surface area contributed by atoms with Crippen molar-refractivity contribution in [1.29, 1.82) is 0 Å². The monoisotopic (exact) mass is 490 g/mol. The van der Waals surface area contributed by atoms with E-state index in [1.807, 2.05) is 70.9 Å². The van der Waals surface area contributed by atoms with Crippen LogP contribution in [-0.2, 0) is 24.3 Å². The van der Waals surface area contributed by atoms with Crippen molar-refractivity contribution >= 4 is 23.2 Å². The Morgan fingerprint density at radius 1 is 0.857 bits per heavy atom. The third-order valence-electron chi connectivity index (χ3n) is 6.36. The van der Waals surface area contributed by atoms with Crippen molar-refractivity contribution in [2.45, 2.75) is 59.5 Å². The van der Waals surface area contributed by atoms with Crippen LogP contribution < -0.4 is 0 Å². The first-order valence-electron chi connectivity index (χ1n) is 12.7. The van der Waals surface area contributed by atoms with Gasteiger partial charge in [-0.15, -0.1) is 11.3 Å². The van der Waals surface area contributed by atoms with Gasteiger partial charge in [0.2, 0.25) is 5.91 Å². The van der Waals surface area contributed by atoms with Gasteiger partial charge >= 0.3 is 0 Å². The van der Waals surface area contributed by atoms with Gasteiger partial charge in [-0.1, -0.05) is 82.1 Å². The Hall–Kier alpha value is -2.92. The summed E-state index contributed by atoms with van der Waals surface area (Å²) in [5.74, 6) is 0.213. The summed E-state index contributed by atoms with van der Waals surface area (Å²) >= 11 is 1.65. The molecular formula is C30H38N2O2S. The van der Waals surface area contributed by atoms with E-state index < -0.39 is 0 Å². The standard InChI is InChI=1S/C30H38N2O2S/c1-4-6-11-25-15-17-27(18-16-25)30(34)32(20-24(3)5-2)23-29(33)31(22-28-14-10-19-35-28)21-26-12-8-7-9-13-26/h7-10,12-19,24H,4-6,11,20-23H2,1-3H3. The molecule has 0 saturated heterocycles. The molecule has 1 atom stereocenters. The van der Waals surface area contributed by atoms with Crippen LogP contribution in [0.25, 0.3) is 0 Å². The minimum atomic E-state index is -0.0727. The lowest BCUT2D eigenvalue weighted by Crippen LogP contribution is -2.44. The molecule has 0 saturated carbocycles. The summed E-state index contributed by atoms with van der Waals surface area (Å²) in [6.45, 7) is 8.15. The van der Waals surface area contributed by atoms with E-state index in [-0.39, 0.29) is 18.4 Å². The van der Waals surface area contributed by atoms with Crippen molar-refractivity contribution in [3.05, 3.63) is 93.7 Å². The van der Waals surface area contributed by atoms with Crippen molar-refractivity contribution in [2.24, 2.45) is 5.92 Å². The average molecular weight is 491 g/mol. The highest BCUT2D eigenvalue weighted by atomic mass is 32.1. The predicted octanol–water partition coefficient (Wildman–Crippen LogP) is 6.81. The Morgan fingerprint density at radius 3 is 2.23 bits per heavy atom.